The predicted octanol–water partition coefficient (Wildman–Crippen LogP) is -0.131. The van der Waals surface area contributed by atoms with Gasteiger partial charge in [0.2, 0.25) is 0 Å². The highest BCUT2D eigenvalue weighted by Crippen LogP contribution is 1.99. The fourth-order valence-corrected chi connectivity index (χ4v) is 0.373. The summed E-state index contributed by atoms with van der Waals surface area (Å²) >= 11 is 0. The molecule has 0 amide bonds. The molecular formula is C5H9NO2. The smallest absolute Gasteiger partial charge is 0.307 e. The fraction of sp³-hybridized carbons (Fsp3) is 0.800. The summed E-state index contributed by atoms with van der Waals surface area (Å²) in [7, 11) is 0. The highest BCUT2D eigenvalue weighted by Gasteiger charge is 2.23. The number of hydrogen-bond acceptors (Lipinski definition) is 3. The van der Waals surface area contributed by atoms with Gasteiger partial charge in [-0.3, -0.25) is 10.1 Å². The molecule has 3 heteroatoms. The van der Waals surface area contributed by atoms with E-state index < -0.39 is 0 Å². The maximum Gasteiger partial charge on any atom is 0.307 e. The van der Waals surface area contributed by atoms with Crippen LogP contribution in [0.4, 0.5) is 0 Å². The molecule has 1 atom stereocenters. The van der Waals surface area contributed by atoms with Gasteiger partial charge in [0.25, 0.3) is 0 Å². The van der Waals surface area contributed by atoms with Crippen molar-refractivity contribution in [1.82, 2.24) is 5.32 Å². The molecule has 0 radical (unpaired) electrons. The summed E-state index contributed by atoms with van der Waals surface area (Å²) in [6.07, 6.45) is 0.500. The Morgan fingerprint density at radius 2 is 2.62 bits per heavy atom. The minimum Gasteiger partial charge on any atom is -0.445 e. The average molecular weight is 115 g/mol. The lowest BCUT2D eigenvalue weighted by Crippen LogP contribution is -2.06. The van der Waals surface area contributed by atoms with E-state index >= 15 is 0 Å². The SMILES string of the molecule is CCC(=O)OC1CN1. The van der Waals surface area contributed by atoms with Crippen molar-refractivity contribution in [2.24, 2.45) is 0 Å². The maximum absolute atomic E-state index is 10.4. The molecule has 1 saturated heterocycles. The van der Waals surface area contributed by atoms with Gasteiger partial charge in [0, 0.05) is 13.0 Å². The third kappa shape index (κ3) is 1.50. The van der Waals surface area contributed by atoms with Gasteiger partial charge in [-0.1, -0.05) is 6.92 Å². The number of carbonyl (C=O) groups is 1. The van der Waals surface area contributed by atoms with Gasteiger partial charge < -0.3 is 4.74 Å². The van der Waals surface area contributed by atoms with Crippen LogP contribution in [-0.2, 0) is 9.53 Å². The van der Waals surface area contributed by atoms with E-state index in [9.17, 15) is 4.79 Å². The highest BCUT2D eigenvalue weighted by molar-refractivity contribution is 5.69. The van der Waals surface area contributed by atoms with Crippen molar-refractivity contribution in [3.63, 3.8) is 0 Å². The summed E-state index contributed by atoms with van der Waals surface area (Å²) in [4.78, 5) is 10.4. The number of ether oxygens (including phenoxy) is 1. The van der Waals surface area contributed by atoms with Crippen molar-refractivity contribution >= 4 is 5.97 Å². The molecule has 1 rings (SSSR count). The molecule has 0 saturated carbocycles. The molecule has 3 nitrogen and oxygen atoms in total. The summed E-state index contributed by atoms with van der Waals surface area (Å²) in [5, 5.41) is 2.86. The molecule has 1 fully saturated rings. The third-order valence-electron chi connectivity index (χ3n) is 0.933. The van der Waals surface area contributed by atoms with Crippen LogP contribution < -0.4 is 5.32 Å². The zero-order chi connectivity index (χ0) is 5.98. The Morgan fingerprint density at radius 3 is 3.00 bits per heavy atom. The number of nitrogens with one attached hydrogen (secondary N) is 1. The third-order valence-corrected chi connectivity index (χ3v) is 0.933. The second kappa shape index (κ2) is 2.13. The summed E-state index contributed by atoms with van der Waals surface area (Å²) in [5.74, 6) is -0.125. The lowest BCUT2D eigenvalue weighted by Gasteiger charge is -1.95. The average Bonchev–Trinajstić information content (AvgIpc) is 2.50. The van der Waals surface area contributed by atoms with E-state index in [1.807, 2.05) is 0 Å². The Labute approximate surface area is 48.0 Å². The van der Waals surface area contributed by atoms with E-state index in [-0.39, 0.29) is 12.2 Å². The van der Waals surface area contributed by atoms with Crippen molar-refractivity contribution in [3.05, 3.63) is 0 Å². The van der Waals surface area contributed by atoms with Crippen molar-refractivity contribution in [2.75, 3.05) is 6.54 Å². The standard InChI is InChI=1S/C5H9NO2/c1-2-5(7)8-4-3-6-4/h4,6H,2-3H2,1H3. The number of esters is 1. The molecule has 1 unspecified atom stereocenters. The van der Waals surface area contributed by atoms with E-state index in [2.05, 4.69) is 5.32 Å². The Hall–Kier alpha value is -0.570. The van der Waals surface area contributed by atoms with Crippen LogP contribution in [0.15, 0.2) is 0 Å². The van der Waals surface area contributed by atoms with Gasteiger partial charge in [-0.15, -0.1) is 0 Å². The van der Waals surface area contributed by atoms with Crippen molar-refractivity contribution in [3.8, 4) is 0 Å². The van der Waals surface area contributed by atoms with Gasteiger partial charge in [0.05, 0.1) is 0 Å². The molecule has 1 aliphatic rings. The summed E-state index contributed by atoms with van der Waals surface area (Å²) < 4.78 is 4.76. The first-order chi connectivity index (χ1) is 3.83. The summed E-state index contributed by atoms with van der Waals surface area (Å²) in [5.41, 5.74) is 0. The van der Waals surface area contributed by atoms with E-state index in [1.165, 1.54) is 0 Å². The second-order valence-corrected chi connectivity index (χ2v) is 1.74. The van der Waals surface area contributed by atoms with Crippen molar-refractivity contribution in [1.29, 1.82) is 0 Å². The molecule has 8 heavy (non-hydrogen) atoms. The van der Waals surface area contributed by atoms with Gasteiger partial charge in [-0.05, 0) is 0 Å². The fourth-order valence-electron chi connectivity index (χ4n) is 0.373. The van der Waals surface area contributed by atoms with Gasteiger partial charge in [-0.2, -0.15) is 0 Å². The predicted molar refractivity (Wildman–Crippen MR) is 28.2 cm³/mol. The van der Waals surface area contributed by atoms with Crippen LogP contribution >= 0.6 is 0 Å². The molecule has 0 bridgehead atoms. The van der Waals surface area contributed by atoms with Crippen LogP contribution in [0.5, 0.6) is 0 Å². The topological polar surface area (TPSA) is 48.2 Å². The normalized spacial score (nSPS) is 24.9. The molecule has 1 N–H and O–H groups in total. The van der Waals surface area contributed by atoms with Crippen LogP contribution in [0.25, 0.3) is 0 Å². The van der Waals surface area contributed by atoms with E-state index in [4.69, 9.17) is 4.74 Å². The number of rotatable bonds is 2. The second-order valence-electron chi connectivity index (χ2n) is 1.74. The van der Waals surface area contributed by atoms with Gasteiger partial charge in [0.1, 0.15) is 0 Å². The molecular weight excluding hydrogens is 106 g/mol. The Morgan fingerprint density at radius 1 is 2.00 bits per heavy atom. The first-order valence-electron chi connectivity index (χ1n) is 2.76. The van der Waals surface area contributed by atoms with E-state index in [0.717, 1.165) is 6.54 Å². The van der Waals surface area contributed by atoms with Gasteiger partial charge in [-0.25, -0.2) is 0 Å². The maximum atomic E-state index is 10.4. The molecule has 0 aliphatic carbocycles. The zero-order valence-corrected chi connectivity index (χ0v) is 4.81. The molecule has 1 heterocycles. The highest BCUT2D eigenvalue weighted by atomic mass is 16.6. The largest absolute Gasteiger partial charge is 0.445 e. The number of hydrogen-bond donors (Lipinski definition) is 1. The minimum atomic E-state index is -0.125. The first kappa shape index (κ1) is 5.56. The molecule has 0 spiro atoms. The van der Waals surface area contributed by atoms with Gasteiger partial charge in [0.15, 0.2) is 6.23 Å². The Balaban J connectivity index is 2.07. The van der Waals surface area contributed by atoms with Crippen LogP contribution in [0, 0.1) is 0 Å². The molecule has 1 aliphatic heterocycles. The van der Waals surface area contributed by atoms with Crippen LogP contribution in [0.1, 0.15) is 13.3 Å². The van der Waals surface area contributed by atoms with Crippen LogP contribution in [-0.4, -0.2) is 18.7 Å². The Kier molecular flexibility index (Phi) is 1.48. The van der Waals surface area contributed by atoms with Crippen LogP contribution in [0.2, 0.25) is 0 Å². The molecule has 0 aromatic rings. The number of carbonyl (C=O) groups excluding carboxylic acids is 1. The lowest BCUT2D eigenvalue weighted by atomic mass is 10.5. The Bertz CT molecular complexity index is 98.6. The van der Waals surface area contributed by atoms with E-state index in [1.54, 1.807) is 6.92 Å². The first-order valence-corrected chi connectivity index (χ1v) is 2.76. The van der Waals surface area contributed by atoms with Crippen LogP contribution in [0.3, 0.4) is 0 Å². The quantitative estimate of drug-likeness (QED) is 0.403. The molecule has 0 aromatic carbocycles. The molecule has 46 valence electrons. The summed E-state index contributed by atoms with van der Waals surface area (Å²) in [6, 6.07) is 0. The van der Waals surface area contributed by atoms with E-state index in [0.29, 0.717) is 6.42 Å². The monoisotopic (exact) mass is 115 g/mol. The van der Waals surface area contributed by atoms with Crippen molar-refractivity contribution < 1.29 is 9.53 Å². The lowest BCUT2D eigenvalue weighted by molar-refractivity contribution is -0.144. The zero-order valence-electron chi connectivity index (χ0n) is 4.81. The molecule has 0 aromatic heterocycles. The summed E-state index contributed by atoms with van der Waals surface area (Å²) in [6.45, 7) is 2.61. The van der Waals surface area contributed by atoms with Crippen molar-refractivity contribution in [2.45, 2.75) is 19.6 Å². The van der Waals surface area contributed by atoms with Gasteiger partial charge >= 0.3 is 5.97 Å². The minimum absolute atomic E-state index is 0.0300.